The Hall–Kier alpha value is -1.61. The van der Waals surface area contributed by atoms with Crippen molar-refractivity contribution in [3.63, 3.8) is 0 Å². The third kappa shape index (κ3) is 1.47. The van der Waals surface area contributed by atoms with Crippen molar-refractivity contribution < 1.29 is 23.8 Å². The van der Waals surface area contributed by atoms with Gasteiger partial charge in [0.25, 0.3) is 0 Å². The molecule has 3 rings (SSSR count). The van der Waals surface area contributed by atoms with E-state index in [-0.39, 0.29) is 12.4 Å². The molecule has 0 saturated carbocycles. The monoisotopic (exact) mass is 279 g/mol. The van der Waals surface area contributed by atoms with E-state index < -0.39 is 41.2 Å². The first-order valence-corrected chi connectivity index (χ1v) is 6.84. The molecule has 0 aromatic rings. The Morgan fingerprint density at radius 2 is 2.30 bits per heavy atom. The van der Waals surface area contributed by atoms with Gasteiger partial charge in [-0.05, 0) is 20.3 Å². The number of nitriles is 1. The lowest BCUT2D eigenvalue weighted by Gasteiger charge is -2.28. The van der Waals surface area contributed by atoms with Crippen LogP contribution in [-0.2, 0) is 23.8 Å². The highest BCUT2D eigenvalue weighted by Crippen LogP contribution is 2.55. The van der Waals surface area contributed by atoms with Gasteiger partial charge in [-0.3, -0.25) is 9.59 Å². The van der Waals surface area contributed by atoms with Crippen LogP contribution in [0.5, 0.6) is 0 Å². The molecule has 108 valence electrons. The van der Waals surface area contributed by atoms with E-state index in [2.05, 4.69) is 0 Å². The predicted molar refractivity (Wildman–Crippen MR) is 65.2 cm³/mol. The fourth-order valence-corrected chi connectivity index (χ4v) is 3.00. The van der Waals surface area contributed by atoms with Crippen molar-refractivity contribution in [3.05, 3.63) is 0 Å². The van der Waals surface area contributed by atoms with E-state index in [9.17, 15) is 14.9 Å². The number of ether oxygens (including phenoxy) is 3. The number of esters is 2. The average Bonchev–Trinajstić information content (AvgIpc) is 3.00. The number of nitrogens with zero attached hydrogens (tertiary/aromatic N) is 1. The first kappa shape index (κ1) is 13.4. The average molecular weight is 279 g/mol. The summed E-state index contributed by atoms with van der Waals surface area (Å²) in [5, 5.41) is 9.23. The Labute approximate surface area is 117 Å². The highest BCUT2D eigenvalue weighted by molar-refractivity contribution is 5.85. The van der Waals surface area contributed by atoms with Crippen LogP contribution in [0.15, 0.2) is 0 Å². The number of fused-ring (bicyclic) bond motifs is 1. The van der Waals surface area contributed by atoms with Crippen molar-refractivity contribution >= 4 is 11.9 Å². The zero-order valence-electron chi connectivity index (χ0n) is 11.7. The number of carbonyl (C=O) groups excluding carboxylic acids is 2. The largest absolute Gasteiger partial charge is 0.455 e. The molecular weight excluding hydrogens is 262 g/mol. The van der Waals surface area contributed by atoms with E-state index in [1.807, 2.05) is 26.8 Å². The summed E-state index contributed by atoms with van der Waals surface area (Å²) in [5.41, 5.74) is -1.78. The molecule has 3 aliphatic heterocycles. The molecule has 0 radical (unpaired) electrons. The van der Waals surface area contributed by atoms with Crippen LogP contribution in [0.25, 0.3) is 0 Å². The molecule has 0 aromatic heterocycles. The highest BCUT2D eigenvalue weighted by Gasteiger charge is 2.74. The van der Waals surface area contributed by atoms with Crippen molar-refractivity contribution in [3.8, 4) is 6.07 Å². The Morgan fingerprint density at radius 1 is 1.60 bits per heavy atom. The molecule has 5 atom stereocenters. The molecule has 3 fully saturated rings. The van der Waals surface area contributed by atoms with Gasteiger partial charge in [0, 0.05) is 6.42 Å². The molecule has 0 aromatic carbocycles. The van der Waals surface area contributed by atoms with E-state index in [0.717, 1.165) is 0 Å². The molecule has 6 nitrogen and oxygen atoms in total. The minimum atomic E-state index is -1.20. The van der Waals surface area contributed by atoms with Crippen molar-refractivity contribution in [2.75, 3.05) is 0 Å². The zero-order valence-corrected chi connectivity index (χ0v) is 11.7. The normalized spacial score (nSPS) is 41.4. The predicted octanol–water partition coefficient (Wildman–Crippen LogP) is 0.941. The van der Waals surface area contributed by atoms with Crippen LogP contribution in [0.3, 0.4) is 0 Å². The molecule has 5 unspecified atom stereocenters. The van der Waals surface area contributed by atoms with Crippen LogP contribution >= 0.6 is 0 Å². The van der Waals surface area contributed by atoms with E-state index in [1.165, 1.54) is 0 Å². The van der Waals surface area contributed by atoms with Crippen LogP contribution in [-0.4, -0.2) is 36.4 Å². The van der Waals surface area contributed by atoms with Gasteiger partial charge in [-0.2, -0.15) is 5.26 Å². The van der Waals surface area contributed by atoms with E-state index in [0.29, 0.717) is 6.42 Å². The molecule has 3 aliphatic rings. The van der Waals surface area contributed by atoms with Crippen LogP contribution in [0.4, 0.5) is 0 Å². The van der Waals surface area contributed by atoms with Gasteiger partial charge in [0.15, 0.2) is 17.6 Å². The summed E-state index contributed by atoms with van der Waals surface area (Å²) in [6.07, 6.45) is -1.36. The van der Waals surface area contributed by atoms with Crippen molar-refractivity contribution in [1.82, 2.24) is 0 Å². The van der Waals surface area contributed by atoms with Gasteiger partial charge >= 0.3 is 11.9 Å². The number of rotatable bonds is 3. The zero-order chi connectivity index (χ0) is 14.7. The van der Waals surface area contributed by atoms with Crippen molar-refractivity contribution in [2.45, 2.75) is 58.0 Å². The van der Waals surface area contributed by atoms with Crippen molar-refractivity contribution in [1.29, 1.82) is 5.26 Å². The van der Waals surface area contributed by atoms with Gasteiger partial charge in [-0.1, -0.05) is 6.92 Å². The quantitative estimate of drug-likeness (QED) is 0.715. The second-order valence-corrected chi connectivity index (χ2v) is 6.36. The summed E-state index contributed by atoms with van der Waals surface area (Å²) < 4.78 is 16.4. The fraction of sp³-hybridized carbons (Fsp3) is 0.786. The summed E-state index contributed by atoms with van der Waals surface area (Å²) in [6.45, 7) is 5.53. The second-order valence-electron chi connectivity index (χ2n) is 6.36. The third-order valence-electron chi connectivity index (χ3n) is 4.81. The number of hydrogen-bond acceptors (Lipinski definition) is 6. The third-order valence-corrected chi connectivity index (χ3v) is 4.81. The Bertz CT molecular complexity index is 522. The van der Waals surface area contributed by atoms with Crippen molar-refractivity contribution in [2.24, 2.45) is 10.8 Å². The first-order valence-electron chi connectivity index (χ1n) is 6.84. The minimum Gasteiger partial charge on any atom is -0.455 e. The lowest BCUT2D eigenvalue weighted by Crippen LogP contribution is -2.45. The number of hydrogen-bond donors (Lipinski definition) is 0. The fourth-order valence-electron chi connectivity index (χ4n) is 3.00. The molecule has 0 spiro atoms. The van der Waals surface area contributed by atoms with Crippen LogP contribution in [0.2, 0.25) is 0 Å². The SMILES string of the molecule is CCC(C)(C)C(=O)OC1C2CC3(C#N)C(=O)OC1C3O2. The molecule has 3 heterocycles. The molecule has 0 amide bonds. The highest BCUT2D eigenvalue weighted by atomic mass is 16.7. The van der Waals surface area contributed by atoms with Gasteiger partial charge in [-0.25, -0.2) is 0 Å². The molecule has 6 heteroatoms. The van der Waals surface area contributed by atoms with Gasteiger partial charge in [-0.15, -0.1) is 0 Å². The molecule has 0 aliphatic carbocycles. The minimum absolute atomic E-state index is 0.244. The standard InChI is InChI=1S/C14H17NO5/c1-4-13(2,3)11(16)19-8-7-5-14(6-15)10(18-7)9(8)20-12(14)17/h7-10H,4-5H2,1-3H3. The maximum Gasteiger partial charge on any atom is 0.329 e. The van der Waals surface area contributed by atoms with Gasteiger partial charge in [0.05, 0.1) is 11.5 Å². The van der Waals surface area contributed by atoms with E-state index in [4.69, 9.17) is 14.2 Å². The summed E-state index contributed by atoms with van der Waals surface area (Å²) >= 11 is 0. The Balaban J connectivity index is 1.80. The Morgan fingerprint density at radius 3 is 2.90 bits per heavy atom. The van der Waals surface area contributed by atoms with Gasteiger partial charge < -0.3 is 14.2 Å². The number of carbonyl (C=O) groups is 2. The second kappa shape index (κ2) is 3.95. The van der Waals surface area contributed by atoms with Crippen LogP contribution in [0.1, 0.15) is 33.6 Å². The van der Waals surface area contributed by atoms with Crippen LogP contribution in [0, 0.1) is 22.2 Å². The lowest BCUT2D eigenvalue weighted by atomic mass is 9.75. The van der Waals surface area contributed by atoms with Gasteiger partial charge in [0.1, 0.15) is 12.2 Å². The van der Waals surface area contributed by atoms with Crippen LogP contribution < -0.4 is 0 Å². The van der Waals surface area contributed by atoms with E-state index >= 15 is 0 Å². The maximum absolute atomic E-state index is 12.2. The molecule has 3 saturated heterocycles. The topological polar surface area (TPSA) is 85.6 Å². The smallest absolute Gasteiger partial charge is 0.329 e. The van der Waals surface area contributed by atoms with Gasteiger partial charge in [0.2, 0.25) is 0 Å². The molecule has 2 bridgehead atoms. The molecular formula is C14H17NO5. The Kier molecular flexibility index (Phi) is 2.64. The molecule has 0 N–H and O–H groups in total. The summed E-state index contributed by atoms with van der Waals surface area (Å²) in [5.74, 6) is -0.877. The van der Waals surface area contributed by atoms with E-state index in [1.54, 1.807) is 0 Å². The lowest BCUT2D eigenvalue weighted by molar-refractivity contribution is -0.169. The first-order chi connectivity index (χ1) is 9.35. The summed E-state index contributed by atoms with van der Waals surface area (Å²) in [4.78, 5) is 24.0. The molecule has 20 heavy (non-hydrogen) atoms. The summed E-state index contributed by atoms with van der Waals surface area (Å²) in [7, 11) is 0. The summed E-state index contributed by atoms with van der Waals surface area (Å²) in [6, 6.07) is 2.03. The maximum atomic E-state index is 12.2.